The number of fused-ring (bicyclic) bond motifs is 9. The molecule has 0 aliphatic heterocycles. The molecule has 0 saturated carbocycles. The van der Waals surface area contributed by atoms with Crippen molar-refractivity contribution in [2.45, 2.75) is 10.8 Å². The van der Waals surface area contributed by atoms with Crippen LogP contribution in [0.25, 0.3) is 56.3 Å². The van der Waals surface area contributed by atoms with Crippen LogP contribution < -0.4 is 19.3 Å². The zero-order valence-electron chi connectivity index (χ0n) is 54.4. The van der Waals surface area contributed by atoms with Crippen molar-refractivity contribution in [1.82, 2.24) is 0 Å². The molecule has 2 unspecified atom stereocenters. The lowest BCUT2D eigenvalue weighted by Gasteiger charge is -2.35. The van der Waals surface area contributed by atoms with E-state index in [0.29, 0.717) is 112 Å². The number of furan rings is 1. The van der Waals surface area contributed by atoms with E-state index in [1.54, 1.807) is 119 Å². The van der Waals surface area contributed by atoms with Gasteiger partial charge in [-0.15, -0.1) is 0 Å². The number of anilines is 6. The third-order valence-corrected chi connectivity index (χ3v) is 19.8. The molecule has 103 heavy (non-hydrogen) atoms. The van der Waals surface area contributed by atoms with Crippen molar-refractivity contribution in [2.24, 2.45) is 0 Å². The monoisotopic (exact) mass is 1360 g/mol. The van der Waals surface area contributed by atoms with Crippen LogP contribution in [-0.2, 0) is 10.8 Å². The maximum Gasteiger partial charge on any atom is 0.160 e. The molecule has 5 nitrogen and oxygen atoms in total. The Balaban J connectivity index is 0.858. The van der Waals surface area contributed by atoms with E-state index >= 15 is 35.1 Å². The second kappa shape index (κ2) is 25.0. The van der Waals surface area contributed by atoms with Gasteiger partial charge in [-0.3, -0.25) is 0 Å². The van der Waals surface area contributed by atoms with Crippen molar-refractivity contribution in [1.29, 1.82) is 0 Å². The van der Waals surface area contributed by atoms with E-state index in [4.69, 9.17) is 13.9 Å². The summed E-state index contributed by atoms with van der Waals surface area (Å²) in [6, 6.07) is 79.6. The normalized spacial score (nSPS) is 14.8. The summed E-state index contributed by atoms with van der Waals surface area (Å²) in [5.74, 6) is -5.85. The number of hydrogen-bond donors (Lipinski definition) is 0. The van der Waals surface area contributed by atoms with Crippen LogP contribution in [0.15, 0.2) is 309 Å². The van der Waals surface area contributed by atoms with Crippen LogP contribution in [0.3, 0.4) is 0 Å². The van der Waals surface area contributed by atoms with E-state index in [2.05, 4.69) is 13.2 Å². The minimum Gasteiger partial charge on any atom is -0.457 e. The summed E-state index contributed by atoms with van der Waals surface area (Å²) in [6.07, 6.45) is 3.44. The second-order valence-corrected chi connectivity index (χ2v) is 25.3. The Kier molecular flexibility index (Phi) is 15.4. The van der Waals surface area contributed by atoms with Crippen LogP contribution in [0.4, 0.5) is 69.2 Å². The van der Waals surface area contributed by atoms with Crippen LogP contribution >= 0.6 is 0 Å². The van der Waals surface area contributed by atoms with Crippen molar-refractivity contribution >= 4 is 68.2 Å². The van der Waals surface area contributed by atoms with Crippen molar-refractivity contribution in [3.8, 4) is 45.3 Å². The summed E-state index contributed by atoms with van der Waals surface area (Å²) in [5, 5.41) is 1.06. The summed E-state index contributed by atoms with van der Waals surface area (Å²) in [4.78, 5) is 3.36. The van der Waals surface area contributed by atoms with Gasteiger partial charge in [0.15, 0.2) is 34.4 Å². The lowest BCUT2D eigenvalue weighted by atomic mass is 9.67. The molecule has 498 valence electrons. The number of para-hydroxylation sites is 2. The first-order valence-corrected chi connectivity index (χ1v) is 33.1. The van der Waals surface area contributed by atoms with Crippen LogP contribution in [0.1, 0.15) is 55.6 Å². The molecule has 1 aromatic heterocycles. The minimum atomic E-state index is -1.70. The van der Waals surface area contributed by atoms with Gasteiger partial charge in [-0.25, -0.2) is 35.1 Å². The highest BCUT2D eigenvalue weighted by Gasteiger charge is 2.51. The summed E-state index contributed by atoms with van der Waals surface area (Å²) in [6.45, 7) is 7.69. The molecule has 0 amide bonds. The highest BCUT2D eigenvalue weighted by molar-refractivity contribution is 6.14. The molecule has 0 bridgehead atoms. The number of hydrogen-bond acceptors (Lipinski definition) is 5. The van der Waals surface area contributed by atoms with Crippen molar-refractivity contribution < 1.29 is 49.0 Å². The van der Waals surface area contributed by atoms with Crippen molar-refractivity contribution in [2.75, 3.05) is 9.80 Å². The highest BCUT2D eigenvalue weighted by atomic mass is 19.2. The third kappa shape index (κ3) is 10.2. The van der Waals surface area contributed by atoms with E-state index in [0.717, 1.165) is 35.4 Å². The number of ether oxygens (including phenoxy) is 2. The summed E-state index contributed by atoms with van der Waals surface area (Å²) < 4.78 is 152. The van der Waals surface area contributed by atoms with Gasteiger partial charge in [-0.05, 0) is 200 Å². The first-order chi connectivity index (χ1) is 50.2. The Morgan fingerprint density at radius 3 is 0.990 bits per heavy atom. The Hall–Kier alpha value is -13.0. The quantitative estimate of drug-likeness (QED) is 0.0902. The fourth-order valence-electron chi connectivity index (χ4n) is 15.4. The van der Waals surface area contributed by atoms with Crippen molar-refractivity contribution in [3.63, 3.8) is 0 Å². The van der Waals surface area contributed by atoms with Gasteiger partial charge in [0.25, 0.3) is 0 Å². The molecule has 0 saturated heterocycles. The topological polar surface area (TPSA) is 38.1 Å². The lowest BCUT2D eigenvalue weighted by molar-refractivity contribution is 0.481. The van der Waals surface area contributed by atoms with Crippen LogP contribution in [-0.4, -0.2) is 0 Å². The van der Waals surface area contributed by atoms with Gasteiger partial charge < -0.3 is 23.7 Å². The summed E-state index contributed by atoms with van der Waals surface area (Å²) in [5.41, 5.74) is 5.56. The van der Waals surface area contributed by atoms with Gasteiger partial charge >= 0.3 is 0 Å². The van der Waals surface area contributed by atoms with Crippen LogP contribution in [0.2, 0.25) is 0 Å². The van der Waals surface area contributed by atoms with Crippen molar-refractivity contribution in [3.05, 3.63) is 407 Å². The fourth-order valence-corrected chi connectivity index (χ4v) is 15.4. The number of benzene rings is 14. The lowest BCUT2D eigenvalue weighted by Crippen LogP contribution is -2.31. The molecular weight excluding hydrogens is 1310 g/mol. The number of rotatable bonds is 16. The van der Waals surface area contributed by atoms with Gasteiger partial charge in [-0.1, -0.05) is 171 Å². The molecule has 2 atom stereocenters. The minimum absolute atomic E-state index is 0.130. The Morgan fingerprint density at radius 1 is 0.291 bits per heavy atom. The zero-order chi connectivity index (χ0) is 70.4. The number of halogens is 8. The molecule has 17 rings (SSSR count). The molecule has 2 aliphatic rings. The van der Waals surface area contributed by atoms with E-state index in [1.165, 1.54) is 48.5 Å². The van der Waals surface area contributed by atoms with Gasteiger partial charge in [0.1, 0.15) is 46.3 Å². The predicted octanol–water partition coefficient (Wildman–Crippen LogP) is 25.2. The SMILES string of the molecule is C=Cc1ccc(Oc2ccc(C3(c4c(F)cccc4F)c4ccccc4-c4ccc(N(c5ccc(F)c(F)c5)c5cccc6c5oc5c(N(c7ccc(F)c(F)c7)c7ccc8c(c7)C(c7ccc(Oc9ccc(C=C)cc9)cc7)(c7c(F)cccc7F)c7ccccc7-8)cccc56)cc43)cc2)cc1. The first kappa shape index (κ1) is 63.4. The van der Waals surface area contributed by atoms with E-state index in [9.17, 15) is 0 Å². The Morgan fingerprint density at radius 2 is 0.621 bits per heavy atom. The Labute approximate surface area is 586 Å². The van der Waals surface area contributed by atoms with E-state index < -0.39 is 57.4 Å². The molecule has 0 fully saturated rings. The molecule has 2 aliphatic carbocycles. The summed E-state index contributed by atoms with van der Waals surface area (Å²) >= 11 is 0. The van der Waals surface area contributed by atoms with Gasteiger partial charge in [0.2, 0.25) is 0 Å². The average Bonchev–Trinajstić information content (AvgIpc) is 1.56. The van der Waals surface area contributed by atoms with Gasteiger partial charge in [0.05, 0.1) is 22.2 Å². The highest BCUT2D eigenvalue weighted by Crippen LogP contribution is 2.61. The third-order valence-electron chi connectivity index (χ3n) is 19.8. The average molecular weight is 1360 g/mol. The maximum absolute atomic E-state index is 17.3. The first-order valence-electron chi connectivity index (χ1n) is 33.1. The molecule has 15 aromatic rings. The molecule has 13 heteroatoms. The summed E-state index contributed by atoms with van der Waals surface area (Å²) in [7, 11) is 0. The number of nitrogens with zero attached hydrogens (tertiary/aromatic N) is 2. The van der Waals surface area contributed by atoms with E-state index in [1.807, 2.05) is 121 Å². The van der Waals surface area contributed by atoms with Crippen LogP contribution in [0.5, 0.6) is 23.0 Å². The molecule has 0 radical (unpaired) electrons. The molecule has 14 aromatic carbocycles. The van der Waals surface area contributed by atoms with Crippen LogP contribution in [0, 0.1) is 46.5 Å². The fraction of sp³-hybridized carbons (Fsp3) is 0.0222. The largest absolute Gasteiger partial charge is 0.457 e. The van der Waals surface area contributed by atoms with E-state index in [-0.39, 0.29) is 33.7 Å². The van der Waals surface area contributed by atoms with Gasteiger partial charge in [-0.2, -0.15) is 0 Å². The zero-order valence-corrected chi connectivity index (χ0v) is 54.4. The molecule has 1 heterocycles. The molecular formula is C90H54F8N2O3. The second-order valence-electron chi connectivity index (χ2n) is 25.3. The standard InChI is InChI=1S/C90H54F8N2O3/c1-3-53-25-37-61(38-26-53)101-63-41-29-55(30-42-63)89(85-77(93)19-11-20-78(85)94)71-17-7-5-13-65(71)67-45-33-57(49-73(67)89)99(59-35-47-75(91)81(97)51-59)83-23-9-15-69-70-16-10-24-84(88(70)103-87(69)83)100(60-36-48-76(92)82(98)52-60)58-34-46-68-66-14-6-8-18-72(66)90(74(68)50-58,86-79(95)21-12-22-80(86)96)56-31-43-64(44-32-56)102-62-39-27-54(4-2)28-40-62/h3-52H,1-2H2. The molecule has 0 N–H and O–H groups in total. The maximum atomic E-state index is 17.3. The molecule has 0 spiro atoms. The Bertz CT molecular complexity index is 5540. The van der Waals surface area contributed by atoms with Gasteiger partial charge in [0, 0.05) is 56.8 Å². The smallest absolute Gasteiger partial charge is 0.160 e. The predicted molar refractivity (Wildman–Crippen MR) is 391 cm³/mol.